The fraction of sp³-hybridized carbons (Fsp3) is 0.0556. The van der Waals surface area contributed by atoms with Crippen molar-refractivity contribution in [3.05, 3.63) is 60.8 Å². The molecule has 0 saturated carbocycles. The lowest BCUT2D eigenvalue weighted by Crippen LogP contribution is -1.99. The van der Waals surface area contributed by atoms with E-state index in [1.165, 1.54) is 0 Å². The Bertz CT molecular complexity index is 1100. The van der Waals surface area contributed by atoms with Gasteiger partial charge in [0.25, 0.3) is 0 Å². The number of imidazole rings is 1. The first kappa shape index (κ1) is 14.8. The van der Waals surface area contributed by atoms with E-state index in [1.54, 1.807) is 54.6 Å². The van der Waals surface area contributed by atoms with Gasteiger partial charge in [-0.05, 0) is 18.2 Å². The molecule has 4 aromatic heterocycles. The summed E-state index contributed by atoms with van der Waals surface area (Å²) in [5.41, 5.74) is 3.56. The van der Waals surface area contributed by atoms with E-state index in [9.17, 15) is 0 Å². The van der Waals surface area contributed by atoms with E-state index in [0.717, 1.165) is 11.1 Å². The minimum atomic E-state index is 0.449. The Morgan fingerprint density at radius 2 is 2.04 bits per heavy atom. The van der Waals surface area contributed by atoms with Crippen LogP contribution in [0.3, 0.4) is 0 Å². The van der Waals surface area contributed by atoms with Crippen LogP contribution in [-0.2, 0) is 0 Å². The molecule has 0 unspecified atom stereocenters. The zero-order valence-electron chi connectivity index (χ0n) is 13.3. The molecule has 0 spiro atoms. The molecule has 0 fully saturated rings. The van der Waals surface area contributed by atoms with Crippen LogP contribution in [0.25, 0.3) is 28.3 Å². The van der Waals surface area contributed by atoms with Gasteiger partial charge < -0.3 is 4.74 Å². The van der Waals surface area contributed by atoms with E-state index in [1.807, 2.05) is 12.1 Å². The normalized spacial score (nSPS) is 10.6. The lowest BCUT2D eigenvalue weighted by atomic mass is 10.1. The van der Waals surface area contributed by atoms with Gasteiger partial charge >= 0.3 is 0 Å². The monoisotopic (exact) mass is 328 g/mol. The van der Waals surface area contributed by atoms with Crippen LogP contribution in [0, 0.1) is 11.3 Å². The van der Waals surface area contributed by atoms with Gasteiger partial charge in [-0.1, -0.05) is 6.07 Å². The topological polar surface area (TPSA) is 89.0 Å². The molecule has 0 radical (unpaired) electrons. The van der Waals surface area contributed by atoms with Gasteiger partial charge in [-0.15, -0.1) is 0 Å². The van der Waals surface area contributed by atoms with Gasteiger partial charge in [0.05, 0.1) is 24.4 Å². The van der Waals surface area contributed by atoms with E-state index in [-0.39, 0.29) is 0 Å². The highest BCUT2D eigenvalue weighted by Crippen LogP contribution is 2.29. The van der Waals surface area contributed by atoms with Crippen molar-refractivity contribution < 1.29 is 4.74 Å². The zero-order valence-corrected chi connectivity index (χ0v) is 13.3. The molecule has 0 aliphatic rings. The van der Waals surface area contributed by atoms with Crippen molar-refractivity contribution in [2.45, 2.75) is 0 Å². The molecule has 25 heavy (non-hydrogen) atoms. The smallest absolute Gasteiger partial charge is 0.224 e. The lowest BCUT2D eigenvalue weighted by Gasteiger charge is -2.08. The molecule has 120 valence electrons. The molecule has 0 amide bonds. The maximum atomic E-state index is 9.10. The first-order valence-electron chi connectivity index (χ1n) is 7.49. The third-order valence-electron chi connectivity index (χ3n) is 3.78. The number of pyridine rings is 2. The summed E-state index contributed by atoms with van der Waals surface area (Å²) >= 11 is 0. The van der Waals surface area contributed by atoms with E-state index in [2.05, 4.69) is 26.0 Å². The first-order chi connectivity index (χ1) is 12.3. The summed E-state index contributed by atoms with van der Waals surface area (Å²) in [6.45, 7) is 0. The van der Waals surface area contributed by atoms with E-state index in [0.29, 0.717) is 28.6 Å². The van der Waals surface area contributed by atoms with Crippen molar-refractivity contribution in [2.75, 3.05) is 7.11 Å². The van der Waals surface area contributed by atoms with Crippen LogP contribution in [0.15, 0.2) is 55.2 Å². The Morgan fingerprint density at radius 1 is 1.12 bits per heavy atom. The summed E-state index contributed by atoms with van der Waals surface area (Å²) in [5.74, 6) is 0.913. The first-order valence-corrected chi connectivity index (χ1v) is 7.49. The molecule has 0 N–H and O–H groups in total. The van der Waals surface area contributed by atoms with Gasteiger partial charge in [0, 0.05) is 30.4 Å². The molecule has 4 heterocycles. The number of nitriles is 1. The summed E-state index contributed by atoms with van der Waals surface area (Å²) in [5, 5.41) is 9.10. The Hall–Kier alpha value is -3.79. The Kier molecular flexibility index (Phi) is 3.56. The molecular formula is C18H12N6O. The van der Waals surface area contributed by atoms with Gasteiger partial charge in [-0.2, -0.15) is 10.2 Å². The molecule has 0 aromatic carbocycles. The fourth-order valence-electron chi connectivity index (χ4n) is 2.58. The quantitative estimate of drug-likeness (QED) is 0.574. The van der Waals surface area contributed by atoms with E-state index < -0.39 is 0 Å². The van der Waals surface area contributed by atoms with Crippen LogP contribution in [0.4, 0.5) is 0 Å². The second-order valence-electron chi connectivity index (χ2n) is 5.26. The Balaban J connectivity index is 1.86. The summed E-state index contributed by atoms with van der Waals surface area (Å²) in [6.07, 6.45) is 8.52. The van der Waals surface area contributed by atoms with Crippen molar-refractivity contribution in [1.82, 2.24) is 24.3 Å². The van der Waals surface area contributed by atoms with Gasteiger partial charge in [0.1, 0.15) is 17.4 Å². The number of fused-ring (bicyclic) bond motifs is 1. The lowest BCUT2D eigenvalue weighted by molar-refractivity contribution is 0.399. The number of ether oxygens (including phenoxy) is 1. The molecule has 7 nitrogen and oxygen atoms in total. The summed E-state index contributed by atoms with van der Waals surface area (Å²) < 4.78 is 7.22. The van der Waals surface area contributed by atoms with Gasteiger partial charge in [0.2, 0.25) is 5.88 Å². The van der Waals surface area contributed by atoms with Gasteiger partial charge in [-0.25, -0.2) is 9.97 Å². The third kappa shape index (κ3) is 2.56. The fourth-order valence-corrected chi connectivity index (χ4v) is 2.58. The van der Waals surface area contributed by atoms with Crippen LogP contribution in [-0.4, -0.2) is 31.4 Å². The predicted octanol–water partition coefficient (Wildman–Crippen LogP) is 2.73. The third-order valence-corrected chi connectivity index (χ3v) is 3.78. The number of hydrogen-bond acceptors (Lipinski definition) is 6. The van der Waals surface area contributed by atoms with E-state index >= 15 is 0 Å². The minimum Gasteiger partial charge on any atom is -0.480 e. The number of methoxy groups -OCH3 is 1. The van der Waals surface area contributed by atoms with Gasteiger partial charge in [-0.3, -0.25) is 9.38 Å². The Morgan fingerprint density at radius 3 is 2.80 bits per heavy atom. The average molecular weight is 328 g/mol. The Labute approximate surface area is 143 Å². The van der Waals surface area contributed by atoms with Crippen molar-refractivity contribution in [3.8, 4) is 34.6 Å². The highest BCUT2D eigenvalue weighted by atomic mass is 16.5. The molecule has 0 aliphatic carbocycles. The molecule has 0 aliphatic heterocycles. The van der Waals surface area contributed by atoms with Crippen LogP contribution in [0.2, 0.25) is 0 Å². The summed E-state index contributed by atoms with van der Waals surface area (Å²) in [4.78, 5) is 17.4. The second kappa shape index (κ2) is 6.02. The predicted molar refractivity (Wildman–Crippen MR) is 90.7 cm³/mol. The maximum absolute atomic E-state index is 9.10. The molecule has 7 heteroatoms. The van der Waals surface area contributed by atoms with Crippen molar-refractivity contribution >= 4 is 5.65 Å². The molecule has 4 aromatic rings. The highest BCUT2D eigenvalue weighted by Gasteiger charge is 2.14. The SMILES string of the molecule is COc1nc(-c2cnc3ccc(C#N)cn23)ncc1-c1cccnc1. The van der Waals surface area contributed by atoms with Crippen LogP contribution < -0.4 is 4.74 Å². The molecular weight excluding hydrogens is 316 g/mol. The second-order valence-corrected chi connectivity index (χ2v) is 5.26. The molecule has 0 saturated heterocycles. The number of nitrogens with zero attached hydrogens (tertiary/aromatic N) is 6. The minimum absolute atomic E-state index is 0.449. The average Bonchev–Trinajstić information content (AvgIpc) is 3.11. The molecule has 4 rings (SSSR count). The maximum Gasteiger partial charge on any atom is 0.224 e. The van der Waals surface area contributed by atoms with Crippen LogP contribution in [0.5, 0.6) is 5.88 Å². The highest BCUT2D eigenvalue weighted by molar-refractivity contribution is 5.69. The zero-order chi connectivity index (χ0) is 17.2. The van der Waals surface area contributed by atoms with E-state index in [4.69, 9.17) is 10.00 Å². The van der Waals surface area contributed by atoms with Crippen molar-refractivity contribution in [1.29, 1.82) is 5.26 Å². The molecule has 0 atom stereocenters. The summed E-state index contributed by atoms with van der Waals surface area (Å²) in [7, 11) is 1.56. The summed E-state index contributed by atoms with van der Waals surface area (Å²) in [6, 6.07) is 9.38. The van der Waals surface area contributed by atoms with Crippen molar-refractivity contribution in [3.63, 3.8) is 0 Å². The number of hydrogen-bond donors (Lipinski definition) is 0. The number of rotatable bonds is 3. The molecule has 0 bridgehead atoms. The van der Waals surface area contributed by atoms with Crippen LogP contribution in [0.1, 0.15) is 5.56 Å². The number of aromatic nitrogens is 5. The van der Waals surface area contributed by atoms with Crippen molar-refractivity contribution in [2.24, 2.45) is 0 Å². The standard InChI is InChI=1S/C18H12N6O/c1-25-18-14(13-3-2-6-20-8-13)9-22-17(23-18)15-10-21-16-5-4-12(7-19)11-24(15)16/h2-6,8-11H,1H3. The van der Waals surface area contributed by atoms with Gasteiger partial charge in [0.15, 0.2) is 5.82 Å². The van der Waals surface area contributed by atoms with Crippen LogP contribution >= 0.6 is 0 Å². The largest absolute Gasteiger partial charge is 0.480 e.